The van der Waals surface area contributed by atoms with Gasteiger partial charge in [0.25, 0.3) is 0 Å². The van der Waals surface area contributed by atoms with Gasteiger partial charge in [-0.3, -0.25) is 4.79 Å². The van der Waals surface area contributed by atoms with E-state index in [4.69, 9.17) is 4.52 Å². The Labute approximate surface area is 70.0 Å². The van der Waals surface area contributed by atoms with E-state index in [1.165, 1.54) is 0 Å². The summed E-state index contributed by atoms with van der Waals surface area (Å²) in [5.41, 5.74) is 0. The monoisotopic (exact) mass is 174 g/mol. The van der Waals surface area contributed by atoms with Crippen LogP contribution in [0.1, 0.15) is 26.7 Å². The van der Waals surface area contributed by atoms with Crippen molar-refractivity contribution in [2.24, 2.45) is 11.8 Å². The minimum atomic E-state index is 0.175. The molecule has 11 heavy (non-hydrogen) atoms. The molecule has 1 aliphatic rings. The first-order chi connectivity index (χ1) is 5.16. The molecule has 4 unspecified atom stereocenters. The Morgan fingerprint density at radius 2 is 2.18 bits per heavy atom. The topological polar surface area (TPSA) is 26.3 Å². The van der Waals surface area contributed by atoms with Crippen LogP contribution in [0, 0.1) is 11.8 Å². The highest BCUT2D eigenvalue weighted by Crippen LogP contribution is 2.30. The number of carbonyl (C=O) groups excluding carboxylic acids is 1. The lowest BCUT2D eigenvalue weighted by atomic mass is 9.79. The van der Waals surface area contributed by atoms with Crippen molar-refractivity contribution in [2.75, 3.05) is 0 Å². The summed E-state index contributed by atoms with van der Waals surface area (Å²) in [5, 5.41) is 0. The fraction of sp³-hybridized carbons (Fsp3) is 0.875. The molecule has 64 valence electrons. The number of carbonyl (C=O) groups is 1. The van der Waals surface area contributed by atoms with Crippen LogP contribution in [0.4, 0.5) is 0 Å². The van der Waals surface area contributed by atoms with Gasteiger partial charge in [-0.2, -0.15) is 0 Å². The van der Waals surface area contributed by atoms with Crippen LogP contribution in [0.5, 0.6) is 0 Å². The summed E-state index contributed by atoms with van der Waals surface area (Å²) in [5.74, 6) is 0.929. The molecule has 0 bridgehead atoms. The molecule has 0 spiro atoms. The van der Waals surface area contributed by atoms with Gasteiger partial charge in [-0.15, -0.1) is 0 Å². The maximum absolute atomic E-state index is 11.2. The Kier molecular flexibility index (Phi) is 3.03. The average molecular weight is 174 g/mol. The van der Waals surface area contributed by atoms with E-state index >= 15 is 0 Å². The first-order valence-electron chi connectivity index (χ1n) is 4.05. The molecule has 0 heterocycles. The van der Waals surface area contributed by atoms with E-state index in [0.29, 0.717) is 18.1 Å². The Bertz CT molecular complexity index is 158. The molecule has 0 aliphatic heterocycles. The predicted octanol–water partition coefficient (Wildman–Crippen LogP) is 1.80. The molecule has 1 fully saturated rings. The number of ketones is 1. The average Bonchev–Trinajstić information content (AvgIpc) is 2.01. The zero-order valence-electron chi connectivity index (χ0n) is 7.04. The highest BCUT2D eigenvalue weighted by atomic mass is 31.0. The molecule has 0 radical (unpaired) electrons. The van der Waals surface area contributed by atoms with Gasteiger partial charge in [0.2, 0.25) is 0 Å². The molecule has 0 aromatic carbocycles. The van der Waals surface area contributed by atoms with Crippen molar-refractivity contribution in [1.29, 1.82) is 0 Å². The minimum Gasteiger partial charge on any atom is -0.362 e. The number of hydrogen-bond donors (Lipinski definition) is 0. The van der Waals surface area contributed by atoms with Gasteiger partial charge in [-0.05, 0) is 12.3 Å². The third kappa shape index (κ3) is 1.80. The number of hydrogen-bond acceptors (Lipinski definition) is 2. The highest BCUT2D eigenvalue weighted by Gasteiger charge is 2.32. The van der Waals surface area contributed by atoms with Gasteiger partial charge >= 0.3 is 0 Å². The standard InChI is InChI=1S/C8H15O2P/c1-5-6(2)8(10-11)4-3-7(5)9/h5-6,8H,3-4,11H2,1-2H3. The normalized spacial score (nSPS) is 39.2. The van der Waals surface area contributed by atoms with Crippen molar-refractivity contribution in [1.82, 2.24) is 0 Å². The quantitative estimate of drug-likeness (QED) is 0.566. The van der Waals surface area contributed by atoms with E-state index in [1.807, 2.05) is 6.92 Å². The molecular weight excluding hydrogens is 159 g/mol. The molecule has 2 nitrogen and oxygen atoms in total. The van der Waals surface area contributed by atoms with Crippen molar-refractivity contribution in [3.63, 3.8) is 0 Å². The molecule has 0 aromatic heterocycles. The van der Waals surface area contributed by atoms with Crippen molar-refractivity contribution in [2.45, 2.75) is 32.8 Å². The second-order valence-corrected chi connectivity index (χ2v) is 3.60. The second-order valence-electron chi connectivity index (χ2n) is 3.33. The maximum Gasteiger partial charge on any atom is 0.136 e. The smallest absolute Gasteiger partial charge is 0.136 e. The van der Waals surface area contributed by atoms with Crippen LogP contribution < -0.4 is 0 Å². The molecule has 1 rings (SSSR count). The Morgan fingerprint density at radius 1 is 1.55 bits per heavy atom. The molecule has 0 aromatic rings. The second kappa shape index (κ2) is 3.64. The summed E-state index contributed by atoms with van der Waals surface area (Å²) in [7, 11) is 2.29. The third-order valence-electron chi connectivity index (χ3n) is 2.73. The van der Waals surface area contributed by atoms with Gasteiger partial charge in [0.05, 0.1) is 6.10 Å². The van der Waals surface area contributed by atoms with Crippen molar-refractivity contribution < 1.29 is 9.32 Å². The molecule has 4 atom stereocenters. The third-order valence-corrected chi connectivity index (χ3v) is 3.08. The van der Waals surface area contributed by atoms with Gasteiger partial charge in [0.1, 0.15) is 5.78 Å². The zero-order chi connectivity index (χ0) is 8.43. The van der Waals surface area contributed by atoms with Crippen LogP contribution >= 0.6 is 9.47 Å². The van der Waals surface area contributed by atoms with Crippen molar-refractivity contribution in [3.8, 4) is 0 Å². The Balaban J connectivity index is 2.59. The van der Waals surface area contributed by atoms with Crippen LogP contribution in [0.25, 0.3) is 0 Å². The van der Waals surface area contributed by atoms with E-state index < -0.39 is 0 Å². The number of Topliss-reactive ketones (excluding diaryl/α,β-unsaturated/α-hetero) is 1. The first kappa shape index (κ1) is 9.15. The van der Waals surface area contributed by atoms with Gasteiger partial charge in [-0.25, -0.2) is 0 Å². The summed E-state index contributed by atoms with van der Waals surface area (Å²) in [4.78, 5) is 11.2. The zero-order valence-corrected chi connectivity index (χ0v) is 8.19. The molecule has 1 saturated carbocycles. The van der Waals surface area contributed by atoms with E-state index in [-0.39, 0.29) is 12.0 Å². The SMILES string of the molecule is CC1C(=O)CCC(OP)C1C. The predicted molar refractivity (Wildman–Crippen MR) is 47.2 cm³/mol. The van der Waals surface area contributed by atoms with Crippen LogP contribution in [-0.4, -0.2) is 11.9 Å². The molecule has 0 N–H and O–H groups in total. The van der Waals surface area contributed by atoms with Crippen LogP contribution in [0.2, 0.25) is 0 Å². The fourth-order valence-corrected chi connectivity index (χ4v) is 1.97. The summed E-state index contributed by atoms with van der Waals surface area (Å²) in [6, 6.07) is 0. The van der Waals surface area contributed by atoms with Crippen molar-refractivity contribution in [3.05, 3.63) is 0 Å². The van der Waals surface area contributed by atoms with Crippen LogP contribution in [0.15, 0.2) is 0 Å². The Morgan fingerprint density at radius 3 is 2.73 bits per heavy atom. The first-order valence-corrected chi connectivity index (χ1v) is 4.52. The minimum absolute atomic E-state index is 0.175. The van der Waals surface area contributed by atoms with E-state index in [0.717, 1.165) is 6.42 Å². The molecule has 0 saturated heterocycles. The maximum atomic E-state index is 11.2. The van der Waals surface area contributed by atoms with Crippen LogP contribution in [-0.2, 0) is 9.32 Å². The summed E-state index contributed by atoms with van der Waals surface area (Å²) < 4.78 is 5.19. The van der Waals surface area contributed by atoms with Gasteiger partial charge < -0.3 is 4.52 Å². The summed E-state index contributed by atoms with van der Waals surface area (Å²) >= 11 is 0. The van der Waals surface area contributed by atoms with Crippen molar-refractivity contribution >= 4 is 15.2 Å². The molecular formula is C8H15O2P. The fourth-order valence-electron chi connectivity index (χ4n) is 1.58. The molecule has 0 amide bonds. The lowest BCUT2D eigenvalue weighted by Gasteiger charge is -2.31. The highest BCUT2D eigenvalue weighted by molar-refractivity contribution is 7.09. The van der Waals surface area contributed by atoms with Crippen LogP contribution in [0.3, 0.4) is 0 Å². The summed E-state index contributed by atoms with van der Waals surface area (Å²) in [6.45, 7) is 4.07. The Hall–Kier alpha value is 0.0600. The largest absolute Gasteiger partial charge is 0.362 e. The molecule has 1 aliphatic carbocycles. The van der Waals surface area contributed by atoms with Gasteiger partial charge in [0.15, 0.2) is 0 Å². The van der Waals surface area contributed by atoms with Gasteiger partial charge in [-0.1, -0.05) is 13.8 Å². The van der Waals surface area contributed by atoms with Gasteiger partial charge in [0, 0.05) is 21.8 Å². The lowest BCUT2D eigenvalue weighted by molar-refractivity contribution is -0.128. The number of rotatable bonds is 1. The van der Waals surface area contributed by atoms with E-state index in [2.05, 4.69) is 16.4 Å². The lowest BCUT2D eigenvalue weighted by Crippen LogP contribution is -2.35. The summed E-state index contributed by atoms with van der Waals surface area (Å²) in [6.07, 6.45) is 1.82. The molecule has 3 heteroatoms. The van der Waals surface area contributed by atoms with E-state index in [9.17, 15) is 4.79 Å². The van der Waals surface area contributed by atoms with E-state index in [1.54, 1.807) is 0 Å².